The Morgan fingerprint density at radius 3 is 2.48 bits per heavy atom. The lowest BCUT2D eigenvalue weighted by atomic mass is 10.1. The van der Waals surface area contributed by atoms with Gasteiger partial charge in [0.05, 0.1) is 13.7 Å². The van der Waals surface area contributed by atoms with E-state index in [1.54, 1.807) is 33.2 Å². The Balaban J connectivity index is 0.00000480. The number of halogens is 1. The van der Waals surface area contributed by atoms with E-state index in [0.717, 1.165) is 23.3 Å². The summed E-state index contributed by atoms with van der Waals surface area (Å²) < 4.78 is 11.0. The van der Waals surface area contributed by atoms with Gasteiger partial charge in [0, 0.05) is 39.8 Å². The van der Waals surface area contributed by atoms with Gasteiger partial charge in [0.15, 0.2) is 17.5 Å². The molecule has 0 unspecified atom stereocenters. The maximum Gasteiger partial charge on any atom is 0.253 e. The normalized spacial score (nSPS) is 10.7. The Hall–Kier alpha value is -2.49. The number of benzene rings is 2. The summed E-state index contributed by atoms with van der Waals surface area (Å²) in [5.41, 5.74) is 2.86. The molecular weight excluding hydrogens is 507 g/mol. The third kappa shape index (κ3) is 8.28. The molecule has 0 spiro atoms. The second-order valence-electron chi connectivity index (χ2n) is 6.92. The molecule has 0 aliphatic rings. The SMILES string of the molecule is CCOc1ccc(CNC(=NC)NCCc2cccc(C(=O)N(C)C)c2)cc1OC.I. The van der Waals surface area contributed by atoms with Gasteiger partial charge in [-0.15, -0.1) is 24.0 Å². The number of hydrogen-bond acceptors (Lipinski definition) is 4. The van der Waals surface area contributed by atoms with Gasteiger partial charge in [-0.05, 0) is 48.7 Å². The van der Waals surface area contributed by atoms with E-state index in [0.29, 0.717) is 37.0 Å². The van der Waals surface area contributed by atoms with Crippen molar-refractivity contribution in [1.82, 2.24) is 15.5 Å². The molecule has 0 saturated carbocycles. The van der Waals surface area contributed by atoms with Crippen LogP contribution in [0.4, 0.5) is 0 Å². The molecule has 170 valence electrons. The molecule has 0 aromatic heterocycles. The van der Waals surface area contributed by atoms with Gasteiger partial charge < -0.3 is 25.0 Å². The average Bonchev–Trinajstić information content (AvgIpc) is 2.76. The smallest absolute Gasteiger partial charge is 0.253 e. The summed E-state index contributed by atoms with van der Waals surface area (Å²) in [7, 11) is 6.89. The molecule has 0 bridgehead atoms. The number of amides is 1. The molecule has 8 heteroatoms. The molecule has 0 atom stereocenters. The van der Waals surface area contributed by atoms with E-state index in [2.05, 4.69) is 15.6 Å². The van der Waals surface area contributed by atoms with Crippen LogP contribution in [0.3, 0.4) is 0 Å². The molecule has 2 N–H and O–H groups in total. The first-order valence-corrected chi connectivity index (χ1v) is 10.0. The average molecular weight is 540 g/mol. The van der Waals surface area contributed by atoms with Crippen LogP contribution < -0.4 is 20.1 Å². The number of methoxy groups -OCH3 is 1. The molecule has 0 aliphatic carbocycles. The molecular formula is C23H33IN4O3. The van der Waals surface area contributed by atoms with Crippen LogP contribution in [0.1, 0.15) is 28.4 Å². The van der Waals surface area contributed by atoms with Crippen molar-refractivity contribution in [3.63, 3.8) is 0 Å². The van der Waals surface area contributed by atoms with Crippen molar-refractivity contribution in [3.8, 4) is 11.5 Å². The molecule has 2 aromatic rings. The number of rotatable bonds is 9. The Morgan fingerprint density at radius 2 is 1.84 bits per heavy atom. The fourth-order valence-electron chi connectivity index (χ4n) is 2.95. The quantitative estimate of drug-likeness (QED) is 0.290. The van der Waals surface area contributed by atoms with Gasteiger partial charge in [-0.2, -0.15) is 0 Å². The van der Waals surface area contributed by atoms with E-state index in [9.17, 15) is 4.79 Å². The minimum absolute atomic E-state index is 0. The fourth-order valence-corrected chi connectivity index (χ4v) is 2.95. The largest absolute Gasteiger partial charge is 0.493 e. The molecule has 7 nitrogen and oxygen atoms in total. The van der Waals surface area contributed by atoms with Crippen molar-refractivity contribution in [3.05, 3.63) is 59.2 Å². The lowest BCUT2D eigenvalue weighted by Gasteiger charge is -2.14. The van der Waals surface area contributed by atoms with Crippen LogP contribution in [-0.4, -0.2) is 58.2 Å². The highest BCUT2D eigenvalue weighted by Crippen LogP contribution is 2.27. The molecule has 0 saturated heterocycles. The number of hydrogen-bond donors (Lipinski definition) is 2. The van der Waals surface area contributed by atoms with Crippen LogP contribution in [0.15, 0.2) is 47.5 Å². The van der Waals surface area contributed by atoms with Crippen molar-refractivity contribution in [2.45, 2.75) is 19.9 Å². The highest BCUT2D eigenvalue weighted by molar-refractivity contribution is 14.0. The van der Waals surface area contributed by atoms with E-state index < -0.39 is 0 Å². The lowest BCUT2D eigenvalue weighted by Crippen LogP contribution is -2.37. The number of aliphatic imine (C=N–C) groups is 1. The molecule has 1 amide bonds. The minimum Gasteiger partial charge on any atom is -0.493 e. The van der Waals surface area contributed by atoms with Crippen molar-refractivity contribution < 1.29 is 14.3 Å². The maximum atomic E-state index is 12.1. The van der Waals surface area contributed by atoms with Gasteiger partial charge in [-0.1, -0.05) is 18.2 Å². The number of ether oxygens (including phenoxy) is 2. The Bertz CT molecular complexity index is 872. The monoisotopic (exact) mass is 540 g/mol. The van der Waals surface area contributed by atoms with Gasteiger partial charge in [-0.3, -0.25) is 9.79 Å². The maximum absolute atomic E-state index is 12.1. The first-order chi connectivity index (χ1) is 14.5. The van der Waals surface area contributed by atoms with Crippen LogP contribution >= 0.6 is 24.0 Å². The molecule has 0 radical (unpaired) electrons. The summed E-state index contributed by atoms with van der Waals surface area (Å²) in [4.78, 5) is 18.0. The number of carbonyl (C=O) groups excluding carboxylic acids is 1. The summed E-state index contributed by atoms with van der Waals surface area (Å²) in [6.07, 6.45) is 0.784. The molecule has 0 aliphatic heterocycles. The van der Waals surface area contributed by atoms with E-state index in [4.69, 9.17) is 9.47 Å². The fraction of sp³-hybridized carbons (Fsp3) is 0.391. The Kier molecular flexibility index (Phi) is 11.8. The molecule has 2 rings (SSSR count). The van der Waals surface area contributed by atoms with Gasteiger partial charge in [-0.25, -0.2) is 0 Å². The Morgan fingerprint density at radius 1 is 1.06 bits per heavy atom. The van der Waals surface area contributed by atoms with Crippen LogP contribution in [0.5, 0.6) is 11.5 Å². The molecule has 2 aromatic carbocycles. The minimum atomic E-state index is 0. The van der Waals surface area contributed by atoms with Gasteiger partial charge >= 0.3 is 0 Å². The summed E-state index contributed by atoms with van der Waals surface area (Å²) >= 11 is 0. The number of carbonyl (C=O) groups is 1. The second-order valence-corrected chi connectivity index (χ2v) is 6.92. The van der Waals surface area contributed by atoms with Crippen LogP contribution in [0.2, 0.25) is 0 Å². The van der Waals surface area contributed by atoms with Crippen molar-refractivity contribution in [2.24, 2.45) is 4.99 Å². The molecule has 31 heavy (non-hydrogen) atoms. The Labute approximate surface area is 202 Å². The van der Waals surface area contributed by atoms with Crippen molar-refractivity contribution in [2.75, 3.05) is 41.4 Å². The van der Waals surface area contributed by atoms with Gasteiger partial charge in [0.2, 0.25) is 0 Å². The van der Waals surface area contributed by atoms with E-state index in [-0.39, 0.29) is 29.9 Å². The number of nitrogens with one attached hydrogen (secondary N) is 2. The third-order valence-corrected chi connectivity index (χ3v) is 4.50. The highest BCUT2D eigenvalue weighted by atomic mass is 127. The molecule has 0 fully saturated rings. The first-order valence-electron chi connectivity index (χ1n) is 10.0. The van der Waals surface area contributed by atoms with E-state index >= 15 is 0 Å². The molecule has 0 heterocycles. The lowest BCUT2D eigenvalue weighted by molar-refractivity contribution is 0.0827. The number of nitrogens with zero attached hydrogens (tertiary/aromatic N) is 2. The predicted molar refractivity (Wildman–Crippen MR) is 136 cm³/mol. The van der Waals surface area contributed by atoms with Gasteiger partial charge in [0.1, 0.15) is 0 Å². The van der Waals surface area contributed by atoms with Crippen LogP contribution in [-0.2, 0) is 13.0 Å². The topological polar surface area (TPSA) is 75.2 Å². The van der Waals surface area contributed by atoms with E-state index in [1.165, 1.54) is 0 Å². The highest BCUT2D eigenvalue weighted by Gasteiger charge is 2.09. The van der Waals surface area contributed by atoms with Crippen LogP contribution in [0.25, 0.3) is 0 Å². The van der Waals surface area contributed by atoms with E-state index in [1.807, 2.05) is 49.4 Å². The van der Waals surface area contributed by atoms with Gasteiger partial charge in [0.25, 0.3) is 5.91 Å². The third-order valence-electron chi connectivity index (χ3n) is 4.50. The summed E-state index contributed by atoms with van der Waals surface area (Å²) in [6.45, 7) is 3.85. The van der Waals surface area contributed by atoms with Crippen molar-refractivity contribution >= 4 is 35.8 Å². The zero-order valence-corrected chi connectivity index (χ0v) is 21.2. The second kappa shape index (κ2) is 13.7. The summed E-state index contributed by atoms with van der Waals surface area (Å²) in [5.74, 6) is 2.17. The zero-order valence-electron chi connectivity index (χ0n) is 18.9. The standard InChI is InChI=1S/C23H32N4O3.HI/c1-6-30-20-11-10-18(15-21(20)29-5)16-26-23(24-2)25-13-12-17-8-7-9-19(14-17)22(28)27(3)4;/h7-11,14-15H,6,12-13,16H2,1-5H3,(H2,24,25,26);1H. The predicted octanol–water partition coefficient (Wildman–Crippen LogP) is 3.32. The zero-order chi connectivity index (χ0) is 21.9. The van der Waals surface area contributed by atoms with Crippen LogP contribution in [0, 0.1) is 0 Å². The summed E-state index contributed by atoms with van der Waals surface area (Å²) in [6, 6.07) is 13.6. The summed E-state index contributed by atoms with van der Waals surface area (Å²) in [5, 5.41) is 6.61. The first kappa shape index (κ1) is 26.5. The van der Waals surface area contributed by atoms with Crippen molar-refractivity contribution in [1.29, 1.82) is 0 Å². The number of guanidine groups is 1.